The van der Waals surface area contributed by atoms with Crippen molar-refractivity contribution >= 4 is 35.6 Å². The molecular weight excluding hydrogens is 532 g/mol. The molecule has 12 nitrogen and oxygen atoms in total. The maximum atomic E-state index is 12.1. The van der Waals surface area contributed by atoms with Gasteiger partial charge in [-0.25, -0.2) is 0 Å². The third kappa shape index (κ3) is 7.64. The molecule has 1 N–H and O–H groups in total. The first-order chi connectivity index (χ1) is 18.5. The molecule has 6 atom stereocenters. The van der Waals surface area contributed by atoms with E-state index in [1.165, 1.54) is 20.1 Å². The summed E-state index contributed by atoms with van der Waals surface area (Å²) in [5, 5.41) is 13.7. The Balaban J connectivity index is 2.07. The normalized spacial score (nSPS) is 26.4. The van der Waals surface area contributed by atoms with E-state index in [0.29, 0.717) is 22.8 Å². The number of thioether (sulfide) groups is 1. The molecule has 1 aromatic heterocycles. The number of hydrogen-bond acceptors (Lipinski definition) is 13. The first-order valence-electron chi connectivity index (χ1n) is 12.2. The zero-order valence-corrected chi connectivity index (χ0v) is 22.9. The number of carbonyl (C=O) groups is 4. The fraction of sp³-hybridized carbons (Fsp3) is 0.500. The highest BCUT2D eigenvalue weighted by Gasteiger charge is 2.53. The number of nitrogens with one attached hydrogen (secondary N) is 1. The van der Waals surface area contributed by atoms with Crippen LogP contribution in [0.25, 0.3) is 0 Å². The van der Waals surface area contributed by atoms with Gasteiger partial charge in [-0.15, -0.1) is 0 Å². The lowest BCUT2D eigenvalue weighted by Crippen LogP contribution is -2.61. The van der Waals surface area contributed by atoms with Gasteiger partial charge in [0.25, 0.3) is 0 Å². The second-order valence-electron chi connectivity index (χ2n) is 8.70. The molecule has 3 rings (SSSR count). The van der Waals surface area contributed by atoms with E-state index < -0.39 is 59.6 Å². The van der Waals surface area contributed by atoms with Crippen LogP contribution in [0.3, 0.4) is 0 Å². The minimum absolute atomic E-state index is 0.319. The molecular formula is C26H30N2O10S. The number of furan rings is 1. The van der Waals surface area contributed by atoms with Crippen LogP contribution in [-0.2, 0) is 42.9 Å². The third-order valence-corrected chi connectivity index (χ3v) is 6.90. The molecule has 2 aliphatic rings. The van der Waals surface area contributed by atoms with Crippen LogP contribution < -0.4 is 5.32 Å². The molecule has 1 unspecified atom stereocenters. The second-order valence-corrected chi connectivity index (χ2v) is 9.81. The topological polar surface area (TPSA) is 163 Å². The van der Waals surface area contributed by atoms with Crippen molar-refractivity contribution in [3.05, 3.63) is 46.5 Å². The highest BCUT2D eigenvalue weighted by Crippen LogP contribution is 2.42. The molecule has 3 heterocycles. The average Bonchev–Trinajstić information content (AvgIpc) is 3.40. The number of rotatable bonds is 9. The van der Waals surface area contributed by atoms with Crippen LogP contribution in [0.2, 0.25) is 0 Å². The number of carbonyl (C=O) groups excluding carboxylic acids is 4. The first kappa shape index (κ1) is 29.8. The maximum absolute atomic E-state index is 12.1. The van der Waals surface area contributed by atoms with Crippen LogP contribution in [0, 0.1) is 11.3 Å². The van der Waals surface area contributed by atoms with Gasteiger partial charge in [0, 0.05) is 33.4 Å². The summed E-state index contributed by atoms with van der Waals surface area (Å²) in [6.07, 6.45) is -0.924. The van der Waals surface area contributed by atoms with Crippen molar-refractivity contribution in [2.45, 2.75) is 76.8 Å². The van der Waals surface area contributed by atoms with Gasteiger partial charge in [-0.2, -0.15) is 5.26 Å². The van der Waals surface area contributed by atoms with Crippen LogP contribution >= 0.6 is 11.8 Å². The fourth-order valence-electron chi connectivity index (χ4n) is 4.19. The molecule has 2 aliphatic heterocycles. The summed E-state index contributed by atoms with van der Waals surface area (Å²) in [5.41, 5.74) is 0.0495. The highest BCUT2D eigenvalue weighted by atomic mass is 32.2. The van der Waals surface area contributed by atoms with Crippen molar-refractivity contribution in [3.8, 4) is 6.07 Å². The average molecular weight is 563 g/mol. The van der Waals surface area contributed by atoms with E-state index in [2.05, 4.69) is 11.4 Å². The molecule has 0 saturated carbocycles. The van der Waals surface area contributed by atoms with E-state index in [9.17, 15) is 24.4 Å². The summed E-state index contributed by atoms with van der Waals surface area (Å²) in [4.78, 5) is 47.7. The number of dihydropyridines is 1. The number of allylic oxidation sites excluding steroid dienone is 3. The van der Waals surface area contributed by atoms with E-state index in [1.54, 1.807) is 12.1 Å². The van der Waals surface area contributed by atoms with Gasteiger partial charge in [-0.1, -0.05) is 18.7 Å². The van der Waals surface area contributed by atoms with Crippen molar-refractivity contribution < 1.29 is 47.3 Å². The number of hydrogen-bond donors (Lipinski definition) is 1. The monoisotopic (exact) mass is 562 g/mol. The molecule has 1 fully saturated rings. The summed E-state index contributed by atoms with van der Waals surface area (Å²) in [5.74, 6) is -2.71. The molecule has 0 amide bonds. The van der Waals surface area contributed by atoms with Crippen molar-refractivity contribution in [1.29, 1.82) is 5.26 Å². The largest absolute Gasteiger partial charge is 0.468 e. The predicted molar refractivity (Wildman–Crippen MR) is 135 cm³/mol. The molecule has 0 aliphatic carbocycles. The van der Waals surface area contributed by atoms with E-state index in [0.717, 1.165) is 31.3 Å². The standard InChI is InChI=1S/C26H30N2O10S/c1-6-17-10-18(20-8-7-9-33-20)19(11-27)25(28-17)39-26-24(37-16(5)32)23(36-15(4)31)22(35-14(3)30)21(38-26)12-34-13(2)29/h7-10,18,21-24,26,28H,6,12H2,1-5H3/t18?,21-,22+,23+,24-,26+/m1/s1. The smallest absolute Gasteiger partial charge is 0.303 e. The minimum atomic E-state index is -1.31. The van der Waals surface area contributed by atoms with Gasteiger partial charge < -0.3 is 33.4 Å². The predicted octanol–water partition coefficient (Wildman–Crippen LogP) is 2.81. The lowest BCUT2D eigenvalue weighted by Gasteiger charge is -2.44. The molecule has 0 bridgehead atoms. The molecule has 0 aromatic carbocycles. The Morgan fingerprint density at radius 3 is 2.18 bits per heavy atom. The van der Waals surface area contributed by atoms with Gasteiger partial charge >= 0.3 is 23.9 Å². The first-order valence-corrected chi connectivity index (χ1v) is 13.0. The highest BCUT2D eigenvalue weighted by molar-refractivity contribution is 8.03. The van der Waals surface area contributed by atoms with Gasteiger partial charge in [-0.3, -0.25) is 19.2 Å². The quantitative estimate of drug-likeness (QED) is 0.345. The van der Waals surface area contributed by atoms with Crippen LogP contribution in [0.4, 0.5) is 0 Å². The Morgan fingerprint density at radius 2 is 1.64 bits per heavy atom. The maximum Gasteiger partial charge on any atom is 0.303 e. The van der Waals surface area contributed by atoms with Gasteiger partial charge in [0.2, 0.25) is 0 Å². The van der Waals surface area contributed by atoms with Gasteiger partial charge in [0.05, 0.1) is 28.9 Å². The SMILES string of the molecule is CCC1=CC(c2ccco2)C(C#N)=C(S[C@@H]2O[C@H](COC(C)=O)[C@H](OC(C)=O)[C@H](OC(C)=O)[C@H]2OC(C)=O)N1. The Labute approximate surface area is 229 Å². The van der Waals surface area contributed by atoms with Gasteiger partial charge in [0.15, 0.2) is 23.7 Å². The Kier molecular flexibility index (Phi) is 10.2. The minimum Gasteiger partial charge on any atom is -0.468 e. The van der Waals surface area contributed by atoms with E-state index in [-0.39, 0.29) is 6.61 Å². The summed E-state index contributed by atoms with van der Waals surface area (Å²) < 4.78 is 33.3. The summed E-state index contributed by atoms with van der Waals surface area (Å²) in [6, 6.07) is 5.69. The Morgan fingerprint density at radius 1 is 1.00 bits per heavy atom. The Bertz CT molecular complexity index is 1190. The number of esters is 4. The molecule has 210 valence electrons. The molecule has 39 heavy (non-hydrogen) atoms. The zero-order valence-electron chi connectivity index (χ0n) is 22.1. The molecule has 13 heteroatoms. The number of nitriles is 1. The fourth-order valence-corrected chi connectivity index (χ4v) is 5.46. The molecule has 1 aromatic rings. The van der Waals surface area contributed by atoms with E-state index in [1.807, 2.05) is 13.0 Å². The van der Waals surface area contributed by atoms with Crippen molar-refractivity contribution in [2.24, 2.45) is 0 Å². The van der Waals surface area contributed by atoms with Crippen LogP contribution in [0.1, 0.15) is 52.7 Å². The second kappa shape index (κ2) is 13.3. The number of nitrogens with zero attached hydrogens (tertiary/aromatic N) is 1. The van der Waals surface area contributed by atoms with Crippen molar-refractivity contribution in [3.63, 3.8) is 0 Å². The lowest BCUT2D eigenvalue weighted by atomic mass is 9.94. The molecule has 0 radical (unpaired) electrons. The summed E-state index contributed by atoms with van der Waals surface area (Å²) >= 11 is 1.03. The van der Waals surface area contributed by atoms with Crippen molar-refractivity contribution in [2.75, 3.05) is 6.61 Å². The molecule has 0 spiro atoms. The van der Waals surface area contributed by atoms with E-state index in [4.69, 9.17) is 28.1 Å². The summed E-state index contributed by atoms with van der Waals surface area (Å²) in [7, 11) is 0. The van der Waals surface area contributed by atoms with Crippen LogP contribution in [0.5, 0.6) is 0 Å². The van der Waals surface area contributed by atoms with E-state index >= 15 is 0 Å². The zero-order chi connectivity index (χ0) is 28.7. The molecule has 1 saturated heterocycles. The third-order valence-electron chi connectivity index (χ3n) is 5.73. The Hall–Kier alpha value is -3.76. The van der Waals surface area contributed by atoms with Crippen LogP contribution in [-0.4, -0.2) is 60.3 Å². The van der Waals surface area contributed by atoms with Crippen molar-refractivity contribution in [1.82, 2.24) is 5.32 Å². The van der Waals surface area contributed by atoms with Gasteiger partial charge in [0.1, 0.15) is 18.5 Å². The summed E-state index contributed by atoms with van der Waals surface area (Å²) in [6.45, 7) is 6.26. The lowest BCUT2D eigenvalue weighted by molar-refractivity contribution is -0.237. The van der Waals surface area contributed by atoms with Crippen LogP contribution in [0.15, 0.2) is 45.2 Å². The van der Waals surface area contributed by atoms with Gasteiger partial charge in [-0.05, 0) is 24.6 Å². The number of ether oxygens (including phenoxy) is 5.